The standard InChI is InChI=1S/C13H13BrN2O3/c1-3-5-10(4-2)15-13(17)9-6-7-11(14)12(8-9)16(18)19/h1,6-8,10H,4-5H2,2H3,(H,15,17). The van der Waals surface area contributed by atoms with E-state index in [1.54, 1.807) is 0 Å². The molecule has 0 bridgehead atoms. The number of rotatable bonds is 5. The number of carbonyl (C=O) groups is 1. The second-order valence-electron chi connectivity index (χ2n) is 3.91. The van der Waals surface area contributed by atoms with E-state index in [-0.39, 0.29) is 23.2 Å². The number of hydrogen-bond donors (Lipinski definition) is 1. The molecule has 1 aromatic carbocycles. The van der Waals surface area contributed by atoms with Gasteiger partial charge in [-0.3, -0.25) is 14.9 Å². The SMILES string of the molecule is C#CCC(CC)NC(=O)c1ccc(Br)c([N+](=O)[O-])c1. The molecular formula is C13H13BrN2O3. The van der Waals surface area contributed by atoms with Crippen molar-refractivity contribution in [3.05, 3.63) is 38.3 Å². The first kappa shape index (κ1) is 15.2. The molecule has 1 rings (SSSR count). The zero-order valence-corrected chi connectivity index (χ0v) is 11.9. The van der Waals surface area contributed by atoms with Gasteiger partial charge >= 0.3 is 0 Å². The third kappa shape index (κ3) is 4.07. The molecule has 0 heterocycles. The van der Waals surface area contributed by atoms with Gasteiger partial charge in [0.05, 0.1) is 9.40 Å². The molecule has 6 heteroatoms. The molecule has 0 aliphatic heterocycles. The average Bonchev–Trinajstić information content (AvgIpc) is 2.38. The number of hydrogen-bond acceptors (Lipinski definition) is 3. The summed E-state index contributed by atoms with van der Waals surface area (Å²) in [5, 5.41) is 13.5. The Labute approximate surface area is 119 Å². The Hall–Kier alpha value is -1.87. The van der Waals surface area contributed by atoms with Crippen molar-refractivity contribution in [2.75, 3.05) is 0 Å². The fraction of sp³-hybridized carbons (Fsp3) is 0.308. The van der Waals surface area contributed by atoms with Crippen molar-refractivity contribution in [2.45, 2.75) is 25.8 Å². The summed E-state index contributed by atoms with van der Waals surface area (Å²) in [5.74, 6) is 2.12. The Morgan fingerprint density at radius 3 is 2.84 bits per heavy atom. The predicted molar refractivity (Wildman–Crippen MR) is 75.8 cm³/mol. The Kier molecular flexibility index (Phi) is 5.52. The molecule has 0 saturated carbocycles. The van der Waals surface area contributed by atoms with Gasteiger partial charge in [-0.05, 0) is 34.5 Å². The number of nitro benzene ring substituents is 1. The number of carbonyl (C=O) groups excluding carboxylic acids is 1. The lowest BCUT2D eigenvalue weighted by molar-refractivity contribution is -0.385. The van der Waals surface area contributed by atoms with Crippen LogP contribution < -0.4 is 5.32 Å². The molecule has 0 aromatic heterocycles. The molecule has 0 aliphatic carbocycles. The van der Waals surface area contributed by atoms with Crippen molar-refractivity contribution < 1.29 is 9.72 Å². The van der Waals surface area contributed by atoms with Gasteiger partial charge in [-0.25, -0.2) is 0 Å². The highest BCUT2D eigenvalue weighted by Gasteiger charge is 2.17. The lowest BCUT2D eigenvalue weighted by atomic mass is 10.1. The van der Waals surface area contributed by atoms with Crippen molar-refractivity contribution in [1.82, 2.24) is 5.32 Å². The lowest BCUT2D eigenvalue weighted by Gasteiger charge is -2.14. The van der Waals surface area contributed by atoms with Crippen LogP contribution in [0, 0.1) is 22.5 Å². The van der Waals surface area contributed by atoms with E-state index in [0.717, 1.165) is 0 Å². The predicted octanol–water partition coefficient (Wildman–Crippen LogP) is 2.89. The molecular weight excluding hydrogens is 312 g/mol. The maximum atomic E-state index is 12.0. The quantitative estimate of drug-likeness (QED) is 0.514. The number of benzene rings is 1. The summed E-state index contributed by atoms with van der Waals surface area (Å²) in [7, 11) is 0. The Balaban J connectivity index is 2.92. The largest absolute Gasteiger partial charge is 0.348 e. The molecule has 1 amide bonds. The fourth-order valence-electron chi connectivity index (χ4n) is 1.50. The van der Waals surface area contributed by atoms with E-state index in [9.17, 15) is 14.9 Å². The molecule has 0 aliphatic rings. The van der Waals surface area contributed by atoms with Gasteiger partial charge in [0.15, 0.2) is 0 Å². The van der Waals surface area contributed by atoms with Crippen LogP contribution in [0.1, 0.15) is 30.1 Å². The minimum Gasteiger partial charge on any atom is -0.348 e. The van der Waals surface area contributed by atoms with Crippen LogP contribution in [0.5, 0.6) is 0 Å². The van der Waals surface area contributed by atoms with Gasteiger partial charge in [0.25, 0.3) is 11.6 Å². The summed E-state index contributed by atoms with van der Waals surface area (Å²) in [5.41, 5.74) is 0.100. The van der Waals surface area contributed by atoms with E-state index >= 15 is 0 Å². The van der Waals surface area contributed by atoms with Crippen LogP contribution in [0.25, 0.3) is 0 Å². The van der Waals surface area contributed by atoms with Crippen molar-refractivity contribution in [3.8, 4) is 12.3 Å². The van der Waals surface area contributed by atoms with Crippen LogP contribution in [0.2, 0.25) is 0 Å². The maximum absolute atomic E-state index is 12.0. The van der Waals surface area contributed by atoms with E-state index in [2.05, 4.69) is 27.2 Å². The molecule has 0 saturated heterocycles. The van der Waals surface area contributed by atoms with Crippen molar-refractivity contribution in [3.63, 3.8) is 0 Å². The highest BCUT2D eigenvalue weighted by Crippen LogP contribution is 2.25. The van der Waals surface area contributed by atoms with Crippen LogP contribution in [-0.4, -0.2) is 16.9 Å². The Bertz CT molecular complexity index is 537. The summed E-state index contributed by atoms with van der Waals surface area (Å²) >= 11 is 3.07. The van der Waals surface area contributed by atoms with Gasteiger partial charge in [-0.15, -0.1) is 12.3 Å². The van der Waals surface area contributed by atoms with Gasteiger partial charge in [-0.2, -0.15) is 0 Å². The summed E-state index contributed by atoms with van der Waals surface area (Å²) in [6, 6.07) is 4.12. The zero-order valence-electron chi connectivity index (χ0n) is 10.4. The van der Waals surface area contributed by atoms with Gasteiger partial charge < -0.3 is 5.32 Å². The van der Waals surface area contributed by atoms with Crippen LogP contribution in [0.15, 0.2) is 22.7 Å². The minimum atomic E-state index is -0.542. The van der Waals surface area contributed by atoms with E-state index < -0.39 is 4.92 Å². The van der Waals surface area contributed by atoms with Crippen LogP contribution in [0.4, 0.5) is 5.69 Å². The van der Waals surface area contributed by atoms with Crippen molar-refractivity contribution >= 4 is 27.5 Å². The summed E-state index contributed by atoms with van der Waals surface area (Å²) in [6.07, 6.45) is 6.34. The van der Waals surface area contributed by atoms with E-state index in [1.165, 1.54) is 18.2 Å². The molecule has 0 spiro atoms. The van der Waals surface area contributed by atoms with Gasteiger partial charge in [-0.1, -0.05) is 6.92 Å². The lowest BCUT2D eigenvalue weighted by Crippen LogP contribution is -2.34. The summed E-state index contributed by atoms with van der Waals surface area (Å²) < 4.78 is 0.338. The Morgan fingerprint density at radius 2 is 2.32 bits per heavy atom. The second-order valence-corrected chi connectivity index (χ2v) is 4.76. The molecule has 1 aromatic rings. The number of nitrogens with one attached hydrogen (secondary N) is 1. The molecule has 1 atom stereocenters. The number of halogens is 1. The highest BCUT2D eigenvalue weighted by atomic mass is 79.9. The normalized spacial score (nSPS) is 11.4. The maximum Gasteiger partial charge on any atom is 0.284 e. The number of amides is 1. The topological polar surface area (TPSA) is 72.2 Å². The molecule has 100 valence electrons. The molecule has 5 nitrogen and oxygen atoms in total. The van der Waals surface area contributed by atoms with Crippen LogP contribution in [-0.2, 0) is 0 Å². The molecule has 0 radical (unpaired) electrons. The Morgan fingerprint density at radius 1 is 1.63 bits per heavy atom. The first-order valence-corrected chi connectivity index (χ1v) is 6.47. The van der Waals surface area contributed by atoms with E-state index in [1.807, 2.05) is 6.92 Å². The van der Waals surface area contributed by atoms with Crippen molar-refractivity contribution in [1.29, 1.82) is 0 Å². The molecule has 1 N–H and O–H groups in total. The summed E-state index contributed by atoms with van der Waals surface area (Å²) in [4.78, 5) is 22.2. The molecule has 0 fully saturated rings. The number of nitrogens with zero attached hydrogens (tertiary/aromatic N) is 1. The van der Waals surface area contributed by atoms with Crippen LogP contribution >= 0.6 is 15.9 Å². The average molecular weight is 325 g/mol. The van der Waals surface area contributed by atoms with Crippen LogP contribution in [0.3, 0.4) is 0 Å². The first-order valence-electron chi connectivity index (χ1n) is 5.67. The minimum absolute atomic E-state index is 0.125. The highest BCUT2D eigenvalue weighted by molar-refractivity contribution is 9.10. The fourth-order valence-corrected chi connectivity index (χ4v) is 1.89. The number of terminal acetylenes is 1. The first-order chi connectivity index (χ1) is 8.99. The van der Waals surface area contributed by atoms with Gasteiger partial charge in [0.2, 0.25) is 0 Å². The third-order valence-electron chi connectivity index (χ3n) is 2.60. The molecule has 1 unspecified atom stereocenters. The van der Waals surface area contributed by atoms with Gasteiger partial charge in [0.1, 0.15) is 0 Å². The zero-order chi connectivity index (χ0) is 14.4. The number of nitro groups is 1. The second kappa shape index (κ2) is 6.90. The summed E-state index contributed by atoms with van der Waals surface area (Å²) in [6.45, 7) is 1.91. The van der Waals surface area contributed by atoms with E-state index in [4.69, 9.17) is 6.42 Å². The monoisotopic (exact) mass is 324 g/mol. The van der Waals surface area contributed by atoms with Gasteiger partial charge in [0, 0.05) is 24.1 Å². The van der Waals surface area contributed by atoms with E-state index in [0.29, 0.717) is 17.3 Å². The molecule has 19 heavy (non-hydrogen) atoms. The third-order valence-corrected chi connectivity index (χ3v) is 3.27. The smallest absolute Gasteiger partial charge is 0.284 e. The van der Waals surface area contributed by atoms with Crippen molar-refractivity contribution in [2.24, 2.45) is 0 Å².